The molecule has 0 radical (unpaired) electrons. The summed E-state index contributed by atoms with van der Waals surface area (Å²) in [5.74, 6) is 0. The maximum atomic E-state index is 8.86. The molecule has 0 aromatic heterocycles. The number of hydrogen-bond acceptors (Lipinski definition) is 4. The van der Waals surface area contributed by atoms with Crippen LogP contribution in [0.4, 0.5) is 5.69 Å². The van der Waals surface area contributed by atoms with Crippen molar-refractivity contribution in [1.82, 2.24) is 0 Å². The molecule has 1 atom stereocenters. The van der Waals surface area contributed by atoms with Crippen molar-refractivity contribution in [2.45, 2.75) is 31.9 Å². The highest BCUT2D eigenvalue weighted by Gasteiger charge is 2.23. The van der Waals surface area contributed by atoms with E-state index in [1.54, 1.807) is 7.11 Å². The third-order valence-electron chi connectivity index (χ3n) is 3.58. The van der Waals surface area contributed by atoms with Crippen molar-refractivity contribution in [1.29, 1.82) is 5.26 Å². The Balaban J connectivity index is 1.96. The molecule has 1 aromatic carbocycles. The summed E-state index contributed by atoms with van der Waals surface area (Å²) in [4.78, 5) is 2.30. The van der Waals surface area contributed by atoms with Crippen LogP contribution in [0.25, 0.3) is 0 Å². The summed E-state index contributed by atoms with van der Waals surface area (Å²) in [7, 11) is 1.71. The lowest BCUT2D eigenvalue weighted by Crippen LogP contribution is -2.41. The smallest absolute Gasteiger partial charge is 0.130 e. The average molecular weight is 274 g/mol. The van der Waals surface area contributed by atoms with Crippen LogP contribution < -0.4 is 4.90 Å². The lowest BCUT2D eigenvalue weighted by Gasteiger charge is -2.37. The summed E-state index contributed by atoms with van der Waals surface area (Å²) < 4.78 is 11.0. The molecule has 1 unspecified atom stereocenters. The van der Waals surface area contributed by atoms with Gasteiger partial charge in [0.1, 0.15) is 6.23 Å². The van der Waals surface area contributed by atoms with Gasteiger partial charge in [-0.25, -0.2) is 0 Å². The van der Waals surface area contributed by atoms with Gasteiger partial charge in [0, 0.05) is 25.9 Å². The number of benzene rings is 1. The van der Waals surface area contributed by atoms with Gasteiger partial charge in [0.15, 0.2) is 0 Å². The van der Waals surface area contributed by atoms with Crippen molar-refractivity contribution >= 4 is 5.69 Å². The molecule has 108 valence electrons. The van der Waals surface area contributed by atoms with E-state index in [1.807, 2.05) is 24.3 Å². The number of nitriles is 1. The largest absolute Gasteiger partial charge is 0.385 e. The van der Waals surface area contributed by atoms with E-state index < -0.39 is 0 Å². The SMILES string of the molecule is COCCCOC1CCCCN1c1ccc(C#N)cc1. The van der Waals surface area contributed by atoms with Crippen LogP contribution in [-0.4, -0.2) is 33.1 Å². The topological polar surface area (TPSA) is 45.5 Å². The molecule has 4 nitrogen and oxygen atoms in total. The van der Waals surface area contributed by atoms with Gasteiger partial charge in [0.2, 0.25) is 0 Å². The third kappa shape index (κ3) is 3.96. The molecule has 1 saturated heterocycles. The van der Waals surface area contributed by atoms with E-state index >= 15 is 0 Å². The van der Waals surface area contributed by atoms with E-state index in [1.165, 1.54) is 12.8 Å². The standard InChI is InChI=1S/C16H22N2O2/c1-19-11-4-12-20-16-5-2-3-10-18(16)15-8-6-14(13-17)7-9-15/h6-9,16H,2-5,10-12H2,1H3. The molecule has 1 aliphatic heterocycles. The molecule has 0 aliphatic carbocycles. The zero-order valence-electron chi connectivity index (χ0n) is 12.0. The number of ether oxygens (including phenoxy) is 2. The molecule has 4 heteroatoms. The van der Waals surface area contributed by atoms with Crippen LogP contribution in [0.15, 0.2) is 24.3 Å². The maximum absolute atomic E-state index is 8.86. The van der Waals surface area contributed by atoms with E-state index in [-0.39, 0.29) is 6.23 Å². The molecule has 0 amide bonds. The lowest BCUT2D eigenvalue weighted by atomic mass is 10.1. The number of piperidine rings is 1. The molecule has 2 rings (SSSR count). The molecule has 0 N–H and O–H groups in total. The van der Waals surface area contributed by atoms with Gasteiger partial charge in [-0.3, -0.25) is 0 Å². The first-order valence-electron chi connectivity index (χ1n) is 7.22. The quantitative estimate of drug-likeness (QED) is 0.748. The van der Waals surface area contributed by atoms with Crippen LogP contribution in [0.2, 0.25) is 0 Å². The number of rotatable bonds is 6. The van der Waals surface area contributed by atoms with Gasteiger partial charge in [-0.2, -0.15) is 5.26 Å². The number of anilines is 1. The second-order valence-corrected chi connectivity index (χ2v) is 5.02. The van der Waals surface area contributed by atoms with Crippen molar-refractivity contribution in [2.75, 3.05) is 31.8 Å². The first-order valence-corrected chi connectivity index (χ1v) is 7.22. The number of methoxy groups -OCH3 is 1. The normalized spacial score (nSPS) is 18.8. The Bertz CT molecular complexity index is 439. The van der Waals surface area contributed by atoms with E-state index in [4.69, 9.17) is 14.7 Å². The first kappa shape index (κ1) is 14.8. The Morgan fingerprint density at radius 1 is 1.25 bits per heavy atom. The first-order chi connectivity index (χ1) is 9.85. The fourth-order valence-corrected chi connectivity index (χ4v) is 2.52. The highest BCUT2D eigenvalue weighted by molar-refractivity contribution is 5.50. The van der Waals surface area contributed by atoms with Crippen LogP contribution in [0.3, 0.4) is 0 Å². The highest BCUT2D eigenvalue weighted by atomic mass is 16.5. The van der Waals surface area contributed by atoms with Gasteiger partial charge in [-0.05, 0) is 49.9 Å². The fraction of sp³-hybridized carbons (Fsp3) is 0.562. The predicted molar refractivity (Wildman–Crippen MR) is 78.6 cm³/mol. The van der Waals surface area contributed by atoms with Crippen LogP contribution in [0.5, 0.6) is 0 Å². The van der Waals surface area contributed by atoms with Crippen molar-refractivity contribution < 1.29 is 9.47 Å². The van der Waals surface area contributed by atoms with Gasteiger partial charge in [0.05, 0.1) is 18.2 Å². The van der Waals surface area contributed by atoms with Crippen LogP contribution >= 0.6 is 0 Å². The van der Waals surface area contributed by atoms with Crippen molar-refractivity contribution in [3.63, 3.8) is 0 Å². The van der Waals surface area contributed by atoms with E-state index in [2.05, 4.69) is 11.0 Å². The Labute approximate surface area is 120 Å². The molecular weight excluding hydrogens is 252 g/mol. The summed E-state index contributed by atoms with van der Waals surface area (Å²) in [5, 5.41) is 8.86. The van der Waals surface area contributed by atoms with Crippen molar-refractivity contribution in [2.24, 2.45) is 0 Å². The van der Waals surface area contributed by atoms with Crippen LogP contribution in [0.1, 0.15) is 31.2 Å². The number of nitrogens with zero attached hydrogens (tertiary/aromatic N) is 2. The monoisotopic (exact) mass is 274 g/mol. The van der Waals surface area contributed by atoms with Crippen molar-refractivity contribution in [3.05, 3.63) is 29.8 Å². The average Bonchev–Trinajstić information content (AvgIpc) is 2.52. The molecule has 1 fully saturated rings. The Hall–Kier alpha value is -1.57. The van der Waals surface area contributed by atoms with Crippen LogP contribution in [0, 0.1) is 11.3 Å². The zero-order valence-corrected chi connectivity index (χ0v) is 12.0. The Morgan fingerprint density at radius 3 is 2.75 bits per heavy atom. The van der Waals surface area contributed by atoms with Gasteiger partial charge in [0.25, 0.3) is 0 Å². The fourth-order valence-electron chi connectivity index (χ4n) is 2.52. The van der Waals surface area contributed by atoms with Crippen LogP contribution in [-0.2, 0) is 9.47 Å². The lowest BCUT2D eigenvalue weighted by molar-refractivity contribution is 0.0237. The van der Waals surface area contributed by atoms with Gasteiger partial charge in [-0.15, -0.1) is 0 Å². The molecule has 1 aliphatic rings. The molecule has 1 heterocycles. The Kier molecular flexibility index (Phi) is 5.85. The number of hydrogen-bond donors (Lipinski definition) is 0. The summed E-state index contributed by atoms with van der Waals surface area (Å²) in [5.41, 5.74) is 1.84. The second kappa shape index (κ2) is 7.88. The Morgan fingerprint density at radius 2 is 2.05 bits per heavy atom. The summed E-state index contributed by atoms with van der Waals surface area (Å²) >= 11 is 0. The summed E-state index contributed by atoms with van der Waals surface area (Å²) in [6, 6.07) is 9.91. The molecule has 0 saturated carbocycles. The maximum Gasteiger partial charge on any atom is 0.130 e. The molecule has 0 spiro atoms. The van der Waals surface area contributed by atoms with E-state index in [9.17, 15) is 0 Å². The molecule has 1 aromatic rings. The third-order valence-corrected chi connectivity index (χ3v) is 3.58. The molecular formula is C16H22N2O2. The highest BCUT2D eigenvalue weighted by Crippen LogP contribution is 2.25. The predicted octanol–water partition coefficient (Wildman–Crippen LogP) is 2.93. The second-order valence-electron chi connectivity index (χ2n) is 5.02. The summed E-state index contributed by atoms with van der Waals surface area (Å²) in [6.45, 7) is 2.48. The van der Waals surface area contributed by atoms with Gasteiger partial charge in [-0.1, -0.05) is 0 Å². The van der Waals surface area contributed by atoms with E-state index in [0.717, 1.165) is 38.3 Å². The zero-order chi connectivity index (χ0) is 14.2. The minimum Gasteiger partial charge on any atom is -0.385 e. The minimum absolute atomic E-state index is 0.147. The molecule has 0 bridgehead atoms. The molecule has 20 heavy (non-hydrogen) atoms. The van der Waals surface area contributed by atoms with E-state index in [0.29, 0.717) is 5.56 Å². The summed E-state index contributed by atoms with van der Waals surface area (Å²) in [6.07, 6.45) is 4.54. The van der Waals surface area contributed by atoms with Gasteiger partial charge >= 0.3 is 0 Å². The van der Waals surface area contributed by atoms with Gasteiger partial charge < -0.3 is 14.4 Å². The minimum atomic E-state index is 0.147. The van der Waals surface area contributed by atoms with Crippen molar-refractivity contribution in [3.8, 4) is 6.07 Å².